The lowest BCUT2D eigenvalue weighted by atomic mass is 9.85. The summed E-state index contributed by atoms with van der Waals surface area (Å²) >= 11 is 3.48. The maximum absolute atomic E-state index is 6.50. The van der Waals surface area contributed by atoms with Crippen LogP contribution in [0.2, 0.25) is 0 Å². The van der Waals surface area contributed by atoms with Crippen molar-refractivity contribution in [2.24, 2.45) is 0 Å². The third-order valence-electron chi connectivity index (χ3n) is 4.36. The van der Waals surface area contributed by atoms with Crippen LogP contribution >= 0.6 is 15.9 Å². The largest absolute Gasteiger partial charge is 0.356 e. The fraction of sp³-hybridized carbons (Fsp3) is 0.333. The van der Waals surface area contributed by atoms with Crippen LogP contribution in [0.25, 0.3) is 0 Å². The highest BCUT2D eigenvalue weighted by atomic mass is 79.9. The Morgan fingerprint density at radius 3 is 2.38 bits per heavy atom. The van der Waals surface area contributed by atoms with Crippen LogP contribution in [0.1, 0.15) is 44.0 Å². The highest BCUT2D eigenvalue weighted by molar-refractivity contribution is 9.10. The SMILES string of the molecule is CCC1(CC)O[C@@H](c2ccc(Br)cc2)Nc2ccccc21. The van der Waals surface area contributed by atoms with Crippen LogP contribution in [-0.2, 0) is 10.3 Å². The van der Waals surface area contributed by atoms with Gasteiger partial charge in [-0.2, -0.15) is 0 Å². The third kappa shape index (κ3) is 2.60. The molecule has 2 aromatic rings. The van der Waals surface area contributed by atoms with Crippen molar-refractivity contribution >= 4 is 21.6 Å². The normalized spacial score (nSPS) is 19.7. The monoisotopic (exact) mass is 345 g/mol. The quantitative estimate of drug-likeness (QED) is 0.780. The maximum atomic E-state index is 6.50. The first kappa shape index (κ1) is 14.6. The van der Waals surface area contributed by atoms with Gasteiger partial charge in [0.15, 0.2) is 6.23 Å². The highest BCUT2D eigenvalue weighted by Crippen LogP contribution is 2.45. The van der Waals surface area contributed by atoms with Gasteiger partial charge in [0, 0.05) is 21.3 Å². The first-order valence-electron chi connectivity index (χ1n) is 7.48. The summed E-state index contributed by atoms with van der Waals surface area (Å²) in [6.07, 6.45) is 1.83. The Morgan fingerprint density at radius 1 is 1.05 bits per heavy atom. The van der Waals surface area contributed by atoms with Crippen LogP contribution in [0.3, 0.4) is 0 Å². The second kappa shape index (κ2) is 5.82. The molecule has 1 heterocycles. The zero-order valence-corrected chi connectivity index (χ0v) is 14.0. The van der Waals surface area contributed by atoms with Gasteiger partial charge in [-0.15, -0.1) is 0 Å². The van der Waals surface area contributed by atoms with E-state index in [1.54, 1.807) is 0 Å². The molecular formula is C18H20BrNO. The van der Waals surface area contributed by atoms with E-state index in [0.717, 1.165) is 22.9 Å². The number of hydrogen-bond acceptors (Lipinski definition) is 2. The van der Waals surface area contributed by atoms with Crippen molar-refractivity contribution in [1.82, 2.24) is 0 Å². The van der Waals surface area contributed by atoms with Crippen molar-refractivity contribution in [2.45, 2.75) is 38.5 Å². The average molecular weight is 346 g/mol. The first-order chi connectivity index (χ1) is 10.2. The van der Waals surface area contributed by atoms with Gasteiger partial charge in [0.05, 0.1) is 5.60 Å². The Bertz CT molecular complexity index is 619. The standard InChI is InChI=1S/C18H20BrNO/c1-3-18(4-2)15-7-5-6-8-16(15)20-17(21-18)13-9-11-14(19)12-10-13/h5-12,17,20H,3-4H2,1-2H3/t17-/m0/s1. The van der Waals surface area contributed by atoms with E-state index in [1.807, 2.05) is 0 Å². The summed E-state index contributed by atoms with van der Waals surface area (Å²) in [6.45, 7) is 4.40. The van der Waals surface area contributed by atoms with Crippen LogP contribution in [0.15, 0.2) is 53.0 Å². The Morgan fingerprint density at radius 2 is 1.71 bits per heavy atom. The van der Waals surface area contributed by atoms with E-state index in [-0.39, 0.29) is 11.8 Å². The maximum Gasteiger partial charge on any atom is 0.155 e. The predicted octanol–water partition coefficient (Wildman–Crippen LogP) is 5.61. The van der Waals surface area contributed by atoms with E-state index in [4.69, 9.17) is 4.74 Å². The van der Waals surface area contributed by atoms with E-state index in [1.165, 1.54) is 11.3 Å². The molecule has 0 aliphatic carbocycles. The minimum atomic E-state index is -0.209. The van der Waals surface area contributed by atoms with Crippen molar-refractivity contribution in [2.75, 3.05) is 5.32 Å². The van der Waals surface area contributed by atoms with Gasteiger partial charge in [0.2, 0.25) is 0 Å². The molecule has 110 valence electrons. The molecule has 0 unspecified atom stereocenters. The van der Waals surface area contributed by atoms with Crippen LogP contribution in [-0.4, -0.2) is 0 Å². The van der Waals surface area contributed by atoms with E-state index in [2.05, 4.69) is 83.6 Å². The fourth-order valence-corrected chi connectivity index (χ4v) is 3.32. The Balaban J connectivity index is 2.03. The van der Waals surface area contributed by atoms with E-state index in [0.29, 0.717) is 0 Å². The van der Waals surface area contributed by atoms with Gasteiger partial charge >= 0.3 is 0 Å². The molecule has 2 nitrogen and oxygen atoms in total. The first-order valence-corrected chi connectivity index (χ1v) is 8.27. The molecule has 1 N–H and O–H groups in total. The summed E-state index contributed by atoms with van der Waals surface area (Å²) in [7, 11) is 0. The third-order valence-corrected chi connectivity index (χ3v) is 4.89. The molecule has 1 aliphatic heterocycles. The fourth-order valence-electron chi connectivity index (χ4n) is 3.05. The Labute approximate surface area is 134 Å². The number of nitrogens with one attached hydrogen (secondary N) is 1. The molecular weight excluding hydrogens is 326 g/mol. The second-order valence-electron chi connectivity index (χ2n) is 5.44. The molecule has 0 saturated heterocycles. The van der Waals surface area contributed by atoms with Gasteiger partial charge in [0.25, 0.3) is 0 Å². The van der Waals surface area contributed by atoms with Crippen molar-refractivity contribution in [1.29, 1.82) is 0 Å². The lowest BCUT2D eigenvalue weighted by Crippen LogP contribution is -2.37. The summed E-state index contributed by atoms with van der Waals surface area (Å²) in [4.78, 5) is 0. The molecule has 0 amide bonds. The number of para-hydroxylation sites is 1. The highest BCUT2D eigenvalue weighted by Gasteiger charge is 2.38. The Hall–Kier alpha value is -1.32. The van der Waals surface area contributed by atoms with Crippen LogP contribution in [0, 0.1) is 0 Å². The lowest BCUT2D eigenvalue weighted by Gasteiger charge is -2.43. The summed E-state index contributed by atoms with van der Waals surface area (Å²) in [5.41, 5.74) is 3.39. The van der Waals surface area contributed by atoms with Gasteiger partial charge < -0.3 is 10.1 Å². The smallest absolute Gasteiger partial charge is 0.155 e. The molecule has 3 rings (SSSR count). The van der Waals surface area contributed by atoms with Gasteiger partial charge in [-0.1, -0.05) is 60.1 Å². The minimum absolute atomic E-state index is 0.104. The van der Waals surface area contributed by atoms with Crippen LogP contribution in [0.5, 0.6) is 0 Å². The number of hydrogen-bond donors (Lipinski definition) is 1. The molecule has 0 spiro atoms. The summed E-state index contributed by atoms with van der Waals surface area (Å²) in [6, 6.07) is 16.8. The molecule has 2 aromatic carbocycles. The number of ether oxygens (including phenoxy) is 1. The lowest BCUT2D eigenvalue weighted by molar-refractivity contribution is -0.103. The molecule has 0 bridgehead atoms. The number of fused-ring (bicyclic) bond motifs is 1. The number of benzene rings is 2. The minimum Gasteiger partial charge on any atom is -0.356 e. The van der Waals surface area contributed by atoms with Crippen LogP contribution in [0.4, 0.5) is 5.69 Å². The van der Waals surface area contributed by atoms with Gasteiger partial charge in [-0.25, -0.2) is 0 Å². The second-order valence-corrected chi connectivity index (χ2v) is 6.36. The zero-order valence-electron chi connectivity index (χ0n) is 12.4. The molecule has 1 aliphatic rings. The zero-order chi connectivity index (χ0) is 14.9. The van der Waals surface area contributed by atoms with Crippen molar-refractivity contribution in [3.8, 4) is 0 Å². The number of halogens is 1. The average Bonchev–Trinajstić information content (AvgIpc) is 2.54. The van der Waals surface area contributed by atoms with E-state index < -0.39 is 0 Å². The topological polar surface area (TPSA) is 21.3 Å². The predicted molar refractivity (Wildman–Crippen MR) is 90.3 cm³/mol. The molecule has 21 heavy (non-hydrogen) atoms. The van der Waals surface area contributed by atoms with Crippen molar-refractivity contribution in [3.05, 3.63) is 64.1 Å². The van der Waals surface area contributed by atoms with E-state index in [9.17, 15) is 0 Å². The molecule has 0 fully saturated rings. The van der Waals surface area contributed by atoms with Gasteiger partial charge in [-0.3, -0.25) is 0 Å². The molecule has 1 atom stereocenters. The van der Waals surface area contributed by atoms with Gasteiger partial charge in [0.1, 0.15) is 0 Å². The summed E-state index contributed by atoms with van der Waals surface area (Å²) < 4.78 is 7.58. The van der Waals surface area contributed by atoms with Crippen LogP contribution < -0.4 is 5.32 Å². The Kier molecular flexibility index (Phi) is 4.05. The number of rotatable bonds is 3. The molecule has 3 heteroatoms. The summed E-state index contributed by atoms with van der Waals surface area (Å²) in [5.74, 6) is 0. The van der Waals surface area contributed by atoms with Gasteiger partial charge in [-0.05, 0) is 31.0 Å². The summed E-state index contributed by atoms with van der Waals surface area (Å²) in [5, 5.41) is 3.52. The molecule has 0 aromatic heterocycles. The van der Waals surface area contributed by atoms with Crippen molar-refractivity contribution < 1.29 is 4.74 Å². The molecule has 0 saturated carbocycles. The molecule has 0 radical (unpaired) electrons. The van der Waals surface area contributed by atoms with Crippen molar-refractivity contribution in [3.63, 3.8) is 0 Å². The number of anilines is 1. The van der Waals surface area contributed by atoms with E-state index >= 15 is 0 Å².